The zero-order valence-electron chi connectivity index (χ0n) is 24.5. The van der Waals surface area contributed by atoms with E-state index in [1.165, 1.54) is 18.3 Å². The Labute approximate surface area is 255 Å². The Kier molecular flexibility index (Phi) is 9.91. The Morgan fingerprint density at radius 3 is 2.56 bits per heavy atom. The number of carboxylic acids is 1. The lowest BCUT2D eigenvalue weighted by Crippen LogP contribution is -2.46. The Morgan fingerprint density at radius 1 is 1.21 bits per heavy atom. The van der Waals surface area contributed by atoms with Crippen LogP contribution in [0.15, 0.2) is 54.7 Å². The van der Waals surface area contributed by atoms with E-state index >= 15 is 4.39 Å². The van der Waals surface area contributed by atoms with Crippen LogP contribution in [0, 0.1) is 11.2 Å². The minimum absolute atomic E-state index is 0.0291. The van der Waals surface area contributed by atoms with Gasteiger partial charge in [-0.1, -0.05) is 35.9 Å². The zero-order chi connectivity index (χ0) is 31.3. The van der Waals surface area contributed by atoms with Crippen molar-refractivity contribution in [1.29, 1.82) is 0 Å². The number of aromatic nitrogens is 1. The summed E-state index contributed by atoms with van der Waals surface area (Å²) >= 11 is 6.19. The van der Waals surface area contributed by atoms with E-state index in [2.05, 4.69) is 4.98 Å². The van der Waals surface area contributed by atoms with E-state index in [9.17, 15) is 19.5 Å². The molecule has 1 saturated heterocycles. The molecule has 0 spiro atoms. The Hall–Kier alpha value is -4.18. The summed E-state index contributed by atoms with van der Waals surface area (Å²) in [5.41, 5.74) is 0.608. The highest BCUT2D eigenvalue weighted by Gasteiger charge is 2.30. The standard InChI is InChI=1S/C32H35ClFN3O6/c1-20(18-38)43-29-27(16-22(33)17-35-29)36(4)23-11-13-37(14-12-23)30(39)25-10-9-21(15-26(25)34)24-7-5-6-8-28(24)42-19-32(2,3)31(40)41/h5-10,15-18,20,23H,11-14,19H2,1-4H3,(H,40,41)/t20-/m0/s1. The molecule has 0 radical (unpaired) electrons. The first-order valence-corrected chi connectivity index (χ1v) is 14.3. The molecule has 3 aromatic rings. The lowest BCUT2D eigenvalue weighted by molar-refractivity contribution is -0.148. The van der Waals surface area contributed by atoms with Crippen LogP contribution in [-0.4, -0.2) is 72.0 Å². The number of carbonyl (C=O) groups is 3. The number of benzene rings is 2. The summed E-state index contributed by atoms with van der Waals surface area (Å²) in [4.78, 5) is 43.8. The number of amides is 1. The van der Waals surface area contributed by atoms with E-state index in [0.29, 0.717) is 65.7 Å². The summed E-state index contributed by atoms with van der Waals surface area (Å²) in [5, 5.41) is 9.82. The second-order valence-corrected chi connectivity index (χ2v) is 11.7. The third kappa shape index (κ3) is 7.43. The Morgan fingerprint density at radius 2 is 1.91 bits per heavy atom. The molecule has 11 heteroatoms. The third-order valence-corrected chi connectivity index (χ3v) is 7.74. The van der Waals surface area contributed by atoms with Gasteiger partial charge in [0, 0.05) is 37.9 Å². The number of nitrogens with zero attached hydrogens (tertiary/aromatic N) is 3. The van der Waals surface area contributed by atoms with Crippen molar-refractivity contribution >= 4 is 35.5 Å². The summed E-state index contributed by atoms with van der Waals surface area (Å²) in [7, 11) is 1.89. The van der Waals surface area contributed by atoms with Gasteiger partial charge in [-0.25, -0.2) is 9.37 Å². The fourth-order valence-electron chi connectivity index (χ4n) is 4.79. The fraction of sp³-hybridized carbons (Fsp3) is 0.375. The van der Waals surface area contributed by atoms with E-state index < -0.39 is 29.2 Å². The highest BCUT2D eigenvalue weighted by Crippen LogP contribution is 2.34. The topological polar surface area (TPSA) is 109 Å². The minimum Gasteiger partial charge on any atom is -0.492 e. The van der Waals surface area contributed by atoms with E-state index in [4.69, 9.17) is 21.1 Å². The lowest BCUT2D eigenvalue weighted by Gasteiger charge is -2.38. The number of hydrogen-bond donors (Lipinski definition) is 1. The molecule has 1 atom stereocenters. The number of aldehydes is 1. The number of halogens is 2. The molecule has 228 valence electrons. The number of rotatable bonds is 11. The highest BCUT2D eigenvalue weighted by molar-refractivity contribution is 6.30. The smallest absolute Gasteiger partial charge is 0.312 e. The normalized spacial score (nSPS) is 14.6. The molecule has 1 aliphatic heterocycles. The van der Waals surface area contributed by atoms with Crippen molar-refractivity contribution < 1.29 is 33.4 Å². The molecule has 9 nitrogen and oxygen atoms in total. The molecule has 43 heavy (non-hydrogen) atoms. The maximum absolute atomic E-state index is 15.4. The fourth-order valence-corrected chi connectivity index (χ4v) is 4.95. The van der Waals surface area contributed by atoms with Gasteiger partial charge in [-0.15, -0.1) is 0 Å². The van der Waals surface area contributed by atoms with Crippen LogP contribution in [-0.2, 0) is 9.59 Å². The number of carboxylic acid groups (broad SMARTS) is 1. The number of piperidine rings is 1. The molecular formula is C32H35ClFN3O6. The number of pyridine rings is 1. The molecule has 0 aliphatic carbocycles. The predicted molar refractivity (Wildman–Crippen MR) is 161 cm³/mol. The molecule has 0 bridgehead atoms. The van der Waals surface area contributed by atoms with Crippen molar-refractivity contribution in [3.63, 3.8) is 0 Å². The molecule has 1 aliphatic rings. The van der Waals surface area contributed by atoms with Gasteiger partial charge in [0.15, 0.2) is 12.4 Å². The van der Waals surface area contributed by atoms with Crippen LogP contribution in [0.1, 0.15) is 44.0 Å². The van der Waals surface area contributed by atoms with Gasteiger partial charge >= 0.3 is 5.97 Å². The van der Waals surface area contributed by atoms with Crippen molar-refractivity contribution in [2.45, 2.75) is 45.8 Å². The lowest BCUT2D eigenvalue weighted by atomic mass is 9.95. The van der Waals surface area contributed by atoms with Crippen LogP contribution >= 0.6 is 11.6 Å². The van der Waals surface area contributed by atoms with Crippen LogP contribution in [0.4, 0.5) is 10.1 Å². The van der Waals surface area contributed by atoms with E-state index in [0.717, 1.165) is 0 Å². The number of carbonyl (C=O) groups excluding carboxylic acids is 2. The maximum atomic E-state index is 15.4. The highest BCUT2D eigenvalue weighted by atomic mass is 35.5. The maximum Gasteiger partial charge on any atom is 0.312 e. The largest absolute Gasteiger partial charge is 0.492 e. The van der Waals surface area contributed by atoms with Gasteiger partial charge in [-0.2, -0.15) is 0 Å². The molecular weight excluding hydrogens is 577 g/mol. The molecule has 1 amide bonds. The summed E-state index contributed by atoms with van der Waals surface area (Å²) in [6, 6.07) is 13.2. The average molecular weight is 612 g/mol. The van der Waals surface area contributed by atoms with Crippen molar-refractivity contribution in [3.05, 3.63) is 71.1 Å². The van der Waals surface area contributed by atoms with Gasteiger partial charge in [0.1, 0.15) is 23.9 Å². The van der Waals surface area contributed by atoms with E-state index in [1.807, 2.05) is 11.9 Å². The number of likely N-dealkylation sites (tertiary alicyclic amines) is 1. The Bertz CT molecular complexity index is 1490. The molecule has 1 fully saturated rings. The Balaban J connectivity index is 1.44. The first kappa shape index (κ1) is 31.7. The van der Waals surface area contributed by atoms with E-state index in [-0.39, 0.29) is 18.2 Å². The molecule has 2 aromatic carbocycles. The number of hydrogen-bond acceptors (Lipinski definition) is 7. The van der Waals surface area contributed by atoms with Crippen molar-refractivity contribution in [1.82, 2.24) is 9.88 Å². The predicted octanol–water partition coefficient (Wildman–Crippen LogP) is 5.74. The zero-order valence-corrected chi connectivity index (χ0v) is 25.3. The van der Waals surface area contributed by atoms with Crippen LogP contribution in [0.3, 0.4) is 0 Å². The van der Waals surface area contributed by atoms with Crippen molar-refractivity contribution in [2.75, 3.05) is 31.6 Å². The number of para-hydroxylation sites is 1. The van der Waals surface area contributed by atoms with Gasteiger partial charge in [0.05, 0.1) is 16.0 Å². The average Bonchev–Trinajstić information content (AvgIpc) is 3.00. The van der Waals surface area contributed by atoms with Crippen LogP contribution in [0.5, 0.6) is 11.6 Å². The summed E-state index contributed by atoms with van der Waals surface area (Å²) in [6.45, 7) is 5.52. The molecule has 1 aromatic heterocycles. The monoisotopic (exact) mass is 611 g/mol. The quantitative estimate of drug-likeness (QED) is 0.274. The second kappa shape index (κ2) is 13.4. The number of anilines is 1. The first-order chi connectivity index (χ1) is 20.4. The van der Waals surface area contributed by atoms with E-state index in [1.54, 1.807) is 62.1 Å². The summed E-state index contributed by atoms with van der Waals surface area (Å²) < 4.78 is 26.8. The second-order valence-electron chi connectivity index (χ2n) is 11.2. The van der Waals surface area contributed by atoms with Gasteiger partial charge in [0.2, 0.25) is 5.88 Å². The van der Waals surface area contributed by atoms with Crippen molar-refractivity contribution in [2.24, 2.45) is 5.41 Å². The van der Waals surface area contributed by atoms with Crippen molar-refractivity contribution in [3.8, 4) is 22.8 Å². The number of ether oxygens (including phenoxy) is 2. The molecule has 0 unspecified atom stereocenters. The van der Waals surface area contributed by atoms with Crippen LogP contribution < -0.4 is 14.4 Å². The summed E-state index contributed by atoms with van der Waals surface area (Å²) in [5.74, 6) is -1.32. The molecule has 0 saturated carbocycles. The first-order valence-electron chi connectivity index (χ1n) is 14.0. The molecule has 2 heterocycles. The minimum atomic E-state index is -1.10. The van der Waals surface area contributed by atoms with Gasteiger partial charge < -0.3 is 24.4 Å². The SMILES string of the molecule is C[C@@H](C=O)Oc1ncc(Cl)cc1N(C)C1CCN(C(=O)c2ccc(-c3ccccc3OCC(C)(C)C(=O)O)cc2F)CC1. The van der Waals surface area contributed by atoms with Gasteiger partial charge in [-0.3, -0.25) is 14.4 Å². The molecule has 4 rings (SSSR count). The summed E-state index contributed by atoms with van der Waals surface area (Å²) in [6.07, 6.45) is 2.71. The van der Waals surface area contributed by atoms with Gasteiger partial charge in [0.25, 0.3) is 5.91 Å². The molecule has 1 N–H and O–H groups in total. The number of aliphatic carboxylic acids is 1. The van der Waals surface area contributed by atoms with Crippen LogP contribution in [0.25, 0.3) is 11.1 Å². The van der Waals surface area contributed by atoms with Gasteiger partial charge in [-0.05, 0) is 63.4 Å². The third-order valence-electron chi connectivity index (χ3n) is 7.53. The van der Waals surface area contributed by atoms with Crippen LogP contribution in [0.2, 0.25) is 5.02 Å².